The molecular formula is C32H26N4O4S. The van der Waals surface area contributed by atoms with Crippen molar-refractivity contribution in [1.82, 2.24) is 14.3 Å². The lowest BCUT2D eigenvalue weighted by molar-refractivity contribution is -0.136. The van der Waals surface area contributed by atoms with E-state index >= 15 is 0 Å². The van der Waals surface area contributed by atoms with E-state index in [1.54, 1.807) is 30.7 Å². The zero-order chi connectivity index (χ0) is 28.5. The number of allylic oxidation sites excluding steroid dienone is 1. The molecule has 0 bridgehead atoms. The quantitative estimate of drug-likeness (QED) is 0.289. The summed E-state index contributed by atoms with van der Waals surface area (Å²) in [5.74, 6) is 0.141. The monoisotopic (exact) mass is 562 g/mol. The van der Waals surface area contributed by atoms with Crippen LogP contribution < -0.4 is 19.6 Å². The predicted octanol–water partition coefficient (Wildman–Crippen LogP) is 4.27. The fraction of sp³-hybridized carbons (Fsp3) is 0.125. The lowest BCUT2D eigenvalue weighted by Crippen LogP contribution is -2.39. The molecule has 0 fully saturated rings. The number of nitrogens with zero attached hydrogens (tertiary/aromatic N) is 4. The van der Waals surface area contributed by atoms with Crippen molar-refractivity contribution in [3.8, 4) is 22.7 Å². The first-order valence-corrected chi connectivity index (χ1v) is 13.8. The second-order valence-corrected chi connectivity index (χ2v) is 10.4. The first-order chi connectivity index (χ1) is 20.0. The number of fused-ring (bicyclic) bond motifs is 1. The average molecular weight is 563 g/mol. The van der Waals surface area contributed by atoms with E-state index in [9.17, 15) is 9.59 Å². The minimum Gasteiger partial charge on any atom is -0.497 e. The Morgan fingerprint density at radius 1 is 0.951 bits per heavy atom. The number of methoxy groups -OCH3 is 2. The van der Waals surface area contributed by atoms with Crippen LogP contribution in [-0.4, -0.2) is 34.5 Å². The Balaban J connectivity index is 1.56. The van der Waals surface area contributed by atoms with Crippen molar-refractivity contribution in [3.63, 3.8) is 0 Å². The number of ether oxygens (including phenoxy) is 2. The molecule has 0 aliphatic carbocycles. The van der Waals surface area contributed by atoms with Crippen LogP contribution in [0.2, 0.25) is 0 Å². The van der Waals surface area contributed by atoms with Crippen LogP contribution in [0.5, 0.6) is 5.75 Å². The van der Waals surface area contributed by atoms with Crippen LogP contribution in [0.1, 0.15) is 24.1 Å². The molecule has 204 valence electrons. The molecule has 2 aromatic heterocycles. The number of hydrogen-bond acceptors (Lipinski definition) is 7. The molecule has 0 saturated heterocycles. The number of benzene rings is 3. The van der Waals surface area contributed by atoms with Gasteiger partial charge < -0.3 is 9.47 Å². The third kappa shape index (κ3) is 4.81. The van der Waals surface area contributed by atoms with E-state index < -0.39 is 12.0 Å². The van der Waals surface area contributed by atoms with Crippen LogP contribution in [0, 0.1) is 0 Å². The zero-order valence-corrected chi connectivity index (χ0v) is 23.5. The van der Waals surface area contributed by atoms with Crippen LogP contribution in [0.25, 0.3) is 23.0 Å². The van der Waals surface area contributed by atoms with Gasteiger partial charge in [0.15, 0.2) is 4.80 Å². The van der Waals surface area contributed by atoms with Crippen molar-refractivity contribution in [2.45, 2.75) is 13.0 Å². The number of aromatic nitrogens is 3. The standard InChI is InChI=1S/C32H26N4O4S/c1-20-27(31(38)40-3)29(22-14-16-25(39-2)17-15-22)36-30(37)26(41-32(36)33-20)18-23-19-35(24-12-8-5-9-13-24)34-28(23)21-10-6-4-7-11-21/h4-19,29H,1-3H3/b26-18+. The second-order valence-electron chi connectivity index (χ2n) is 9.43. The number of carbonyl (C=O) groups is 1. The molecule has 41 heavy (non-hydrogen) atoms. The van der Waals surface area contributed by atoms with E-state index in [4.69, 9.17) is 14.6 Å². The van der Waals surface area contributed by atoms with Gasteiger partial charge in [0.05, 0.1) is 47.4 Å². The van der Waals surface area contributed by atoms with Crippen LogP contribution in [0.15, 0.2) is 112 Å². The predicted molar refractivity (Wildman–Crippen MR) is 158 cm³/mol. The van der Waals surface area contributed by atoms with Gasteiger partial charge in [0.25, 0.3) is 5.56 Å². The lowest BCUT2D eigenvalue weighted by atomic mass is 9.96. The van der Waals surface area contributed by atoms with Gasteiger partial charge in [-0.25, -0.2) is 14.5 Å². The molecule has 0 radical (unpaired) electrons. The van der Waals surface area contributed by atoms with Crippen molar-refractivity contribution in [2.24, 2.45) is 4.99 Å². The molecule has 3 heterocycles. The lowest BCUT2D eigenvalue weighted by Gasteiger charge is -2.24. The summed E-state index contributed by atoms with van der Waals surface area (Å²) in [6.07, 6.45) is 3.77. The third-order valence-electron chi connectivity index (χ3n) is 6.96. The molecule has 1 unspecified atom stereocenters. The van der Waals surface area contributed by atoms with E-state index in [1.165, 1.54) is 18.4 Å². The van der Waals surface area contributed by atoms with Gasteiger partial charge >= 0.3 is 5.97 Å². The summed E-state index contributed by atoms with van der Waals surface area (Å²) in [7, 11) is 2.92. The van der Waals surface area contributed by atoms with Crippen LogP contribution >= 0.6 is 11.3 Å². The van der Waals surface area contributed by atoms with Crippen molar-refractivity contribution >= 4 is 23.4 Å². The highest BCUT2D eigenvalue weighted by Gasteiger charge is 2.33. The summed E-state index contributed by atoms with van der Waals surface area (Å²) < 4.78 is 14.3. The molecule has 0 saturated carbocycles. The van der Waals surface area contributed by atoms with Crippen LogP contribution in [0.4, 0.5) is 0 Å². The Morgan fingerprint density at radius 3 is 2.29 bits per heavy atom. The summed E-state index contributed by atoms with van der Waals surface area (Å²) in [5.41, 5.74) is 4.69. The highest BCUT2D eigenvalue weighted by molar-refractivity contribution is 7.07. The molecule has 5 aromatic rings. The minimum absolute atomic E-state index is 0.255. The second kappa shape index (κ2) is 10.9. The Kier molecular flexibility index (Phi) is 6.94. The molecule has 0 N–H and O–H groups in total. The average Bonchev–Trinajstić information content (AvgIpc) is 3.57. The highest BCUT2D eigenvalue weighted by Crippen LogP contribution is 2.31. The maximum absolute atomic E-state index is 14.1. The van der Waals surface area contributed by atoms with Crippen molar-refractivity contribution in [3.05, 3.63) is 133 Å². The molecule has 1 aliphatic rings. The Hall–Kier alpha value is -5.02. The Morgan fingerprint density at radius 2 is 1.63 bits per heavy atom. The fourth-order valence-electron chi connectivity index (χ4n) is 4.96. The van der Waals surface area contributed by atoms with Gasteiger partial charge in [0.2, 0.25) is 0 Å². The molecule has 9 heteroatoms. The minimum atomic E-state index is -0.701. The molecule has 6 rings (SSSR count). The number of para-hydroxylation sites is 1. The van der Waals surface area contributed by atoms with Gasteiger partial charge in [-0.3, -0.25) is 9.36 Å². The zero-order valence-electron chi connectivity index (χ0n) is 22.6. The maximum Gasteiger partial charge on any atom is 0.338 e. The molecule has 8 nitrogen and oxygen atoms in total. The summed E-state index contributed by atoms with van der Waals surface area (Å²) in [4.78, 5) is 32.2. The van der Waals surface area contributed by atoms with Gasteiger partial charge in [-0.05, 0) is 42.8 Å². The van der Waals surface area contributed by atoms with Gasteiger partial charge in [0.1, 0.15) is 5.75 Å². The Bertz CT molecular complexity index is 1950. The Labute approximate surface area is 239 Å². The molecule has 0 amide bonds. The topological polar surface area (TPSA) is 87.7 Å². The van der Waals surface area contributed by atoms with E-state index in [-0.39, 0.29) is 5.56 Å². The summed E-state index contributed by atoms with van der Waals surface area (Å²) in [6.45, 7) is 1.76. The first kappa shape index (κ1) is 26.2. The molecule has 1 atom stereocenters. The highest BCUT2D eigenvalue weighted by atomic mass is 32.1. The maximum atomic E-state index is 14.1. The van der Waals surface area contributed by atoms with Crippen molar-refractivity contribution in [1.29, 1.82) is 0 Å². The van der Waals surface area contributed by atoms with E-state index in [0.717, 1.165) is 28.1 Å². The SMILES string of the molecule is COC(=O)C1=C(C)N=c2s/c(=C/c3cn(-c4ccccc4)nc3-c3ccccc3)c(=O)n2C1c1ccc(OC)cc1. The number of carbonyl (C=O) groups excluding carboxylic acids is 1. The number of esters is 1. The molecule has 1 aliphatic heterocycles. The van der Waals surface area contributed by atoms with Gasteiger partial charge in [0, 0.05) is 17.3 Å². The van der Waals surface area contributed by atoms with Crippen molar-refractivity contribution in [2.75, 3.05) is 14.2 Å². The number of thiazole rings is 1. The van der Waals surface area contributed by atoms with Gasteiger partial charge in [-0.2, -0.15) is 5.10 Å². The molecule has 0 spiro atoms. The first-order valence-electron chi connectivity index (χ1n) is 12.9. The van der Waals surface area contributed by atoms with E-state index in [2.05, 4.69) is 4.99 Å². The smallest absolute Gasteiger partial charge is 0.338 e. The summed E-state index contributed by atoms with van der Waals surface area (Å²) >= 11 is 1.28. The summed E-state index contributed by atoms with van der Waals surface area (Å²) in [5, 5.41) is 4.87. The largest absolute Gasteiger partial charge is 0.497 e. The molecule has 3 aromatic carbocycles. The normalized spacial score (nSPS) is 14.9. The fourth-order valence-corrected chi connectivity index (χ4v) is 6.00. The van der Waals surface area contributed by atoms with Crippen LogP contribution in [0.3, 0.4) is 0 Å². The van der Waals surface area contributed by atoms with Crippen LogP contribution in [-0.2, 0) is 9.53 Å². The van der Waals surface area contributed by atoms with E-state index in [0.29, 0.717) is 26.4 Å². The number of hydrogen-bond donors (Lipinski definition) is 0. The van der Waals surface area contributed by atoms with E-state index in [1.807, 2.05) is 89.8 Å². The third-order valence-corrected chi connectivity index (χ3v) is 7.94. The van der Waals surface area contributed by atoms with Gasteiger partial charge in [-0.1, -0.05) is 72.0 Å². The van der Waals surface area contributed by atoms with Crippen molar-refractivity contribution < 1.29 is 14.3 Å². The number of rotatable bonds is 6. The summed E-state index contributed by atoms with van der Waals surface area (Å²) in [6, 6.07) is 26.3. The van der Waals surface area contributed by atoms with Gasteiger partial charge in [-0.15, -0.1) is 0 Å². The molecular weight excluding hydrogens is 536 g/mol.